The number of benzene rings is 1. The molecule has 24 heavy (non-hydrogen) atoms. The summed E-state index contributed by atoms with van der Waals surface area (Å²) in [5, 5.41) is 0. The number of hydrogen-bond acceptors (Lipinski definition) is 2. The number of rotatable bonds is 7. The van der Waals surface area contributed by atoms with Gasteiger partial charge in [-0.2, -0.15) is 0 Å². The van der Waals surface area contributed by atoms with Crippen LogP contribution in [0, 0.1) is 5.92 Å². The highest BCUT2D eigenvalue weighted by Crippen LogP contribution is 2.19. The summed E-state index contributed by atoms with van der Waals surface area (Å²) < 4.78 is 0.685. The molecule has 3 nitrogen and oxygen atoms in total. The van der Waals surface area contributed by atoms with Gasteiger partial charge in [-0.25, -0.2) is 0 Å². The summed E-state index contributed by atoms with van der Waals surface area (Å²) in [5.74, 6) is -0.248. The van der Waals surface area contributed by atoms with E-state index in [2.05, 4.69) is 22.5 Å². The molecule has 1 aromatic carbocycles. The highest BCUT2D eigenvalue weighted by atomic mass is 79.9. The molecule has 0 bridgehead atoms. The number of hydrogen-bond donors (Lipinski definition) is 0. The van der Waals surface area contributed by atoms with E-state index in [1.54, 1.807) is 37.4 Å². The third-order valence-corrected chi connectivity index (χ3v) is 3.96. The quantitative estimate of drug-likeness (QED) is 0.497. The summed E-state index contributed by atoms with van der Waals surface area (Å²) in [6.45, 7) is 9.43. The number of halogens is 1. The predicted octanol–water partition coefficient (Wildman–Crippen LogP) is 4.76. The van der Waals surface area contributed by atoms with Crippen LogP contribution >= 0.6 is 15.9 Å². The van der Waals surface area contributed by atoms with Crippen molar-refractivity contribution in [2.45, 2.75) is 26.8 Å². The third kappa shape index (κ3) is 5.31. The molecular formula is C20H24BrNO2. The summed E-state index contributed by atoms with van der Waals surface area (Å²) in [7, 11) is 1.68. The SMILES string of the molecule is C=C(Br)/C=C\C(=C/C)C(=O)C(C(C)C)N(C)C(=O)c1ccccc1. The molecule has 0 radical (unpaired) electrons. The van der Waals surface area contributed by atoms with Crippen molar-refractivity contribution in [2.75, 3.05) is 7.05 Å². The van der Waals surface area contributed by atoms with E-state index in [4.69, 9.17) is 0 Å². The minimum Gasteiger partial charge on any atom is -0.331 e. The summed E-state index contributed by atoms with van der Waals surface area (Å²) >= 11 is 3.25. The Morgan fingerprint density at radius 1 is 1.17 bits per heavy atom. The van der Waals surface area contributed by atoms with Gasteiger partial charge in [0.1, 0.15) is 0 Å². The maximum Gasteiger partial charge on any atom is 0.254 e. The molecule has 0 aromatic heterocycles. The number of likely N-dealkylation sites (N-methyl/N-ethyl adjacent to an activating group) is 1. The first-order valence-corrected chi connectivity index (χ1v) is 8.64. The van der Waals surface area contributed by atoms with Crippen molar-refractivity contribution in [1.82, 2.24) is 4.90 Å². The second-order valence-corrected chi connectivity index (χ2v) is 6.88. The summed E-state index contributed by atoms with van der Waals surface area (Å²) in [4.78, 5) is 27.2. The van der Waals surface area contributed by atoms with Gasteiger partial charge in [0, 0.05) is 22.7 Å². The van der Waals surface area contributed by atoms with Crippen LogP contribution in [0.2, 0.25) is 0 Å². The molecular weight excluding hydrogens is 366 g/mol. The van der Waals surface area contributed by atoms with Crippen molar-refractivity contribution >= 4 is 27.6 Å². The molecule has 0 aliphatic heterocycles. The van der Waals surface area contributed by atoms with Gasteiger partial charge in [0.2, 0.25) is 0 Å². The third-order valence-electron chi connectivity index (χ3n) is 3.70. The maximum atomic E-state index is 12.9. The molecule has 1 unspecified atom stereocenters. The average Bonchev–Trinajstić information content (AvgIpc) is 2.55. The first-order chi connectivity index (χ1) is 11.3. The lowest BCUT2D eigenvalue weighted by Crippen LogP contribution is -2.46. The lowest BCUT2D eigenvalue weighted by atomic mass is 9.92. The predicted molar refractivity (Wildman–Crippen MR) is 103 cm³/mol. The van der Waals surface area contributed by atoms with Crippen molar-refractivity contribution < 1.29 is 9.59 Å². The minimum atomic E-state index is -0.530. The van der Waals surface area contributed by atoms with E-state index in [0.717, 1.165) is 0 Å². The monoisotopic (exact) mass is 389 g/mol. The second-order valence-electron chi connectivity index (χ2n) is 5.86. The van der Waals surface area contributed by atoms with E-state index in [1.165, 1.54) is 4.90 Å². The molecule has 0 aliphatic rings. The Kier molecular flexibility index (Phi) is 7.86. The van der Waals surface area contributed by atoms with Crippen LogP contribution in [0.25, 0.3) is 0 Å². The fraction of sp³-hybridized carbons (Fsp3) is 0.300. The number of allylic oxidation sites excluding steroid dienone is 4. The van der Waals surface area contributed by atoms with Crippen LogP contribution < -0.4 is 0 Å². The van der Waals surface area contributed by atoms with Crippen molar-refractivity contribution in [3.63, 3.8) is 0 Å². The van der Waals surface area contributed by atoms with E-state index < -0.39 is 6.04 Å². The van der Waals surface area contributed by atoms with Crippen LogP contribution in [0.1, 0.15) is 31.1 Å². The zero-order valence-electron chi connectivity index (χ0n) is 14.6. The number of ketones is 1. The van der Waals surface area contributed by atoms with Gasteiger partial charge in [-0.15, -0.1) is 0 Å². The summed E-state index contributed by atoms with van der Waals surface area (Å²) in [6.07, 6.45) is 5.20. The first-order valence-electron chi connectivity index (χ1n) is 7.84. The number of carbonyl (C=O) groups is 2. The number of carbonyl (C=O) groups excluding carboxylic acids is 2. The molecule has 0 N–H and O–H groups in total. The molecule has 1 atom stereocenters. The van der Waals surface area contributed by atoms with Gasteiger partial charge in [-0.3, -0.25) is 9.59 Å². The van der Waals surface area contributed by atoms with E-state index in [1.807, 2.05) is 39.0 Å². The normalized spacial score (nSPS) is 13.2. The van der Waals surface area contributed by atoms with E-state index in [9.17, 15) is 9.59 Å². The van der Waals surface area contributed by atoms with Gasteiger partial charge < -0.3 is 4.90 Å². The number of nitrogens with zero attached hydrogens (tertiary/aromatic N) is 1. The standard InChI is InChI=1S/C20H24BrNO2/c1-6-16(13-12-15(4)21)19(23)18(14(2)3)22(5)20(24)17-10-8-7-9-11-17/h6-14,18H,4H2,1-3,5H3/b13-12-,16-6+. The Labute approximate surface area is 152 Å². The van der Waals surface area contributed by atoms with Crippen LogP contribution in [0.15, 0.2) is 65.2 Å². The fourth-order valence-corrected chi connectivity index (χ4v) is 2.64. The fourth-order valence-electron chi connectivity index (χ4n) is 2.51. The van der Waals surface area contributed by atoms with Crippen molar-refractivity contribution in [3.8, 4) is 0 Å². The lowest BCUT2D eigenvalue weighted by molar-refractivity contribution is -0.120. The highest BCUT2D eigenvalue weighted by molar-refractivity contribution is 9.11. The Balaban J connectivity index is 3.11. The molecule has 128 valence electrons. The zero-order valence-corrected chi connectivity index (χ0v) is 16.2. The van der Waals surface area contributed by atoms with Gasteiger partial charge in [-0.05, 0) is 31.1 Å². The van der Waals surface area contributed by atoms with Crippen molar-refractivity contribution in [2.24, 2.45) is 5.92 Å². The molecule has 0 aliphatic carbocycles. The largest absolute Gasteiger partial charge is 0.331 e. The van der Waals surface area contributed by atoms with Gasteiger partial charge >= 0.3 is 0 Å². The van der Waals surface area contributed by atoms with E-state index >= 15 is 0 Å². The van der Waals surface area contributed by atoms with Crippen LogP contribution in [0.4, 0.5) is 0 Å². The Morgan fingerprint density at radius 3 is 2.21 bits per heavy atom. The number of Topliss-reactive ketones (excluding diaryl/α,β-unsaturated/α-hetero) is 1. The maximum absolute atomic E-state index is 12.9. The highest BCUT2D eigenvalue weighted by Gasteiger charge is 2.31. The Morgan fingerprint density at radius 2 is 1.75 bits per heavy atom. The van der Waals surface area contributed by atoms with Gasteiger partial charge in [-0.1, -0.05) is 66.7 Å². The second kappa shape index (κ2) is 9.38. The van der Waals surface area contributed by atoms with Gasteiger partial charge in [0.15, 0.2) is 5.78 Å². The minimum absolute atomic E-state index is 0.00863. The van der Waals surface area contributed by atoms with Crippen LogP contribution in [0.5, 0.6) is 0 Å². The molecule has 0 spiro atoms. The van der Waals surface area contributed by atoms with Crippen LogP contribution in [-0.2, 0) is 4.79 Å². The Hall–Kier alpha value is -1.94. The zero-order chi connectivity index (χ0) is 18.3. The van der Waals surface area contributed by atoms with Crippen LogP contribution in [-0.4, -0.2) is 29.7 Å². The summed E-state index contributed by atoms with van der Waals surface area (Å²) in [6, 6.07) is 8.47. The summed E-state index contributed by atoms with van der Waals surface area (Å²) in [5.41, 5.74) is 1.13. The topological polar surface area (TPSA) is 37.4 Å². The van der Waals surface area contributed by atoms with E-state index in [0.29, 0.717) is 15.6 Å². The molecule has 1 rings (SSSR count). The molecule has 1 amide bonds. The van der Waals surface area contributed by atoms with Crippen molar-refractivity contribution in [1.29, 1.82) is 0 Å². The molecule has 0 fully saturated rings. The van der Waals surface area contributed by atoms with E-state index in [-0.39, 0.29) is 17.6 Å². The molecule has 4 heteroatoms. The molecule has 0 saturated heterocycles. The molecule has 0 heterocycles. The number of amides is 1. The Bertz CT molecular complexity index is 659. The molecule has 1 aromatic rings. The van der Waals surface area contributed by atoms with Crippen LogP contribution in [0.3, 0.4) is 0 Å². The van der Waals surface area contributed by atoms with Crippen molar-refractivity contribution in [3.05, 3.63) is 70.8 Å². The smallest absolute Gasteiger partial charge is 0.254 e. The molecule has 0 saturated carbocycles. The van der Waals surface area contributed by atoms with Gasteiger partial charge in [0.05, 0.1) is 6.04 Å². The van der Waals surface area contributed by atoms with Gasteiger partial charge in [0.25, 0.3) is 5.91 Å². The first kappa shape index (κ1) is 20.1. The average molecular weight is 390 g/mol. The lowest BCUT2D eigenvalue weighted by Gasteiger charge is -2.30.